The van der Waals surface area contributed by atoms with Crippen LogP contribution in [0, 0.1) is 0 Å². The molecule has 2 aromatic carbocycles. The minimum absolute atomic E-state index is 0.207. The number of alkyl halides is 3. The zero-order valence-electron chi connectivity index (χ0n) is 17.0. The molecule has 3 N–H and O–H groups in total. The van der Waals surface area contributed by atoms with Gasteiger partial charge in [0, 0.05) is 25.2 Å². The van der Waals surface area contributed by atoms with E-state index in [1.54, 1.807) is 18.2 Å². The number of carbonyl (C=O) groups is 1. The molecule has 2 amide bonds. The first-order valence-electron chi connectivity index (χ1n) is 10.4. The van der Waals surface area contributed by atoms with Gasteiger partial charge in [0.1, 0.15) is 5.75 Å². The molecule has 166 valence electrons. The summed E-state index contributed by atoms with van der Waals surface area (Å²) in [6.07, 6.45) is -2.01. The lowest BCUT2D eigenvalue weighted by atomic mass is 9.73. The van der Waals surface area contributed by atoms with E-state index in [9.17, 15) is 23.1 Å². The van der Waals surface area contributed by atoms with Crippen LogP contribution in [0.25, 0.3) is 0 Å². The summed E-state index contributed by atoms with van der Waals surface area (Å²) < 4.78 is 45.1. The van der Waals surface area contributed by atoms with E-state index in [-0.39, 0.29) is 24.4 Å². The number of nitrogens with one attached hydrogen (secondary N) is 2. The Morgan fingerprint density at radius 3 is 2.65 bits per heavy atom. The Bertz CT molecular complexity index is 955. The maximum absolute atomic E-state index is 13.2. The highest BCUT2D eigenvalue weighted by atomic mass is 19.4. The van der Waals surface area contributed by atoms with Crippen molar-refractivity contribution in [3.63, 3.8) is 0 Å². The standard InChI is InChI=1S/C23H25F3N2O3/c24-23(25,26)16-4-1-3-15(13-16)22(9-11-31-12-10-22)14-27-21(30)28-19-8-7-18-17(19)5-2-6-20(18)29/h1-6,13,19,29H,7-12,14H2,(H2,27,28,30). The topological polar surface area (TPSA) is 70.6 Å². The number of hydrogen-bond donors (Lipinski definition) is 3. The Hall–Kier alpha value is -2.74. The van der Waals surface area contributed by atoms with Crippen molar-refractivity contribution in [1.29, 1.82) is 0 Å². The third-order valence-electron chi connectivity index (χ3n) is 6.39. The Morgan fingerprint density at radius 1 is 1.16 bits per heavy atom. The van der Waals surface area contributed by atoms with Gasteiger partial charge in [0.25, 0.3) is 0 Å². The van der Waals surface area contributed by atoms with Crippen molar-refractivity contribution in [3.8, 4) is 5.75 Å². The van der Waals surface area contributed by atoms with Gasteiger partial charge in [0.15, 0.2) is 0 Å². The molecule has 0 radical (unpaired) electrons. The molecule has 0 aromatic heterocycles. The lowest BCUT2D eigenvalue weighted by Crippen LogP contribution is -2.47. The van der Waals surface area contributed by atoms with E-state index < -0.39 is 17.2 Å². The predicted molar refractivity (Wildman–Crippen MR) is 109 cm³/mol. The second-order valence-electron chi connectivity index (χ2n) is 8.23. The molecule has 2 aromatic rings. The zero-order valence-corrected chi connectivity index (χ0v) is 17.0. The number of hydrogen-bond acceptors (Lipinski definition) is 3. The van der Waals surface area contributed by atoms with Crippen LogP contribution in [0.15, 0.2) is 42.5 Å². The van der Waals surface area contributed by atoms with E-state index in [1.807, 2.05) is 6.07 Å². The van der Waals surface area contributed by atoms with Crippen LogP contribution in [0.5, 0.6) is 5.75 Å². The first kappa shape index (κ1) is 21.5. The van der Waals surface area contributed by atoms with Crippen LogP contribution in [-0.4, -0.2) is 30.9 Å². The molecule has 0 spiro atoms. The Morgan fingerprint density at radius 2 is 1.90 bits per heavy atom. The molecule has 8 heteroatoms. The fraction of sp³-hybridized carbons (Fsp3) is 0.435. The summed E-state index contributed by atoms with van der Waals surface area (Å²) in [7, 11) is 0. The lowest BCUT2D eigenvalue weighted by Gasteiger charge is -2.38. The van der Waals surface area contributed by atoms with Crippen LogP contribution in [0.4, 0.5) is 18.0 Å². The number of carbonyl (C=O) groups excluding carboxylic acids is 1. The SMILES string of the molecule is O=C(NCC1(c2cccc(C(F)(F)F)c2)CCOCC1)NC1CCc2c(O)cccc21. The van der Waals surface area contributed by atoms with Gasteiger partial charge in [-0.2, -0.15) is 13.2 Å². The third-order valence-corrected chi connectivity index (χ3v) is 6.39. The van der Waals surface area contributed by atoms with E-state index in [4.69, 9.17) is 4.74 Å². The maximum atomic E-state index is 13.2. The molecular weight excluding hydrogens is 409 g/mol. The molecule has 0 bridgehead atoms. The Labute approximate surface area is 178 Å². The zero-order chi connectivity index (χ0) is 22.1. The number of halogens is 3. The minimum atomic E-state index is -4.42. The van der Waals surface area contributed by atoms with E-state index in [2.05, 4.69) is 10.6 Å². The van der Waals surface area contributed by atoms with Crippen LogP contribution < -0.4 is 10.6 Å². The van der Waals surface area contributed by atoms with Gasteiger partial charge < -0.3 is 20.5 Å². The van der Waals surface area contributed by atoms with Crippen LogP contribution >= 0.6 is 0 Å². The van der Waals surface area contributed by atoms with Crippen molar-refractivity contribution >= 4 is 6.03 Å². The number of phenols is 1. The number of phenolic OH excluding ortho intramolecular Hbond substituents is 1. The number of ether oxygens (including phenoxy) is 1. The number of fused-ring (bicyclic) bond motifs is 1. The highest BCUT2D eigenvalue weighted by molar-refractivity contribution is 5.75. The highest BCUT2D eigenvalue weighted by Crippen LogP contribution is 2.38. The van der Waals surface area contributed by atoms with Gasteiger partial charge in [-0.05, 0) is 54.5 Å². The predicted octanol–water partition coefficient (Wildman–Crippen LogP) is 4.45. The van der Waals surface area contributed by atoms with Gasteiger partial charge in [-0.25, -0.2) is 4.79 Å². The van der Waals surface area contributed by atoms with Gasteiger partial charge in [-0.3, -0.25) is 0 Å². The van der Waals surface area contributed by atoms with Gasteiger partial charge in [-0.15, -0.1) is 0 Å². The smallest absolute Gasteiger partial charge is 0.416 e. The molecule has 31 heavy (non-hydrogen) atoms. The van der Waals surface area contributed by atoms with Gasteiger partial charge >= 0.3 is 12.2 Å². The van der Waals surface area contributed by atoms with Gasteiger partial charge in [0.2, 0.25) is 0 Å². The van der Waals surface area contributed by atoms with Crippen LogP contribution in [0.3, 0.4) is 0 Å². The summed E-state index contributed by atoms with van der Waals surface area (Å²) in [6.45, 7) is 1.06. The summed E-state index contributed by atoms with van der Waals surface area (Å²) in [5, 5.41) is 15.8. The molecule has 2 aliphatic rings. The van der Waals surface area contributed by atoms with Crippen molar-refractivity contribution in [2.45, 2.75) is 43.3 Å². The number of urea groups is 1. The van der Waals surface area contributed by atoms with Gasteiger partial charge in [0.05, 0.1) is 11.6 Å². The molecular formula is C23H25F3N2O3. The van der Waals surface area contributed by atoms with E-state index in [0.29, 0.717) is 44.5 Å². The fourth-order valence-corrected chi connectivity index (χ4v) is 4.60. The van der Waals surface area contributed by atoms with Crippen molar-refractivity contribution in [3.05, 3.63) is 64.7 Å². The molecule has 1 atom stereocenters. The summed E-state index contributed by atoms with van der Waals surface area (Å²) in [4.78, 5) is 12.6. The van der Waals surface area contributed by atoms with Crippen molar-refractivity contribution < 1.29 is 27.8 Å². The summed E-state index contributed by atoms with van der Waals surface area (Å²) >= 11 is 0. The summed E-state index contributed by atoms with van der Waals surface area (Å²) in [5.41, 5.74) is 0.985. The molecule has 5 nitrogen and oxygen atoms in total. The quantitative estimate of drug-likeness (QED) is 0.666. The maximum Gasteiger partial charge on any atom is 0.416 e. The third kappa shape index (κ3) is 4.49. The molecule has 4 rings (SSSR count). The van der Waals surface area contributed by atoms with E-state index in [1.165, 1.54) is 12.1 Å². The first-order valence-corrected chi connectivity index (χ1v) is 10.4. The van der Waals surface area contributed by atoms with Gasteiger partial charge in [-0.1, -0.05) is 30.3 Å². The molecule has 1 fully saturated rings. The largest absolute Gasteiger partial charge is 0.508 e. The van der Waals surface area contributed by atoms with Crippen molar-refractivity contribution in [2.24, 2.45) is 0 Å². The molecule has 1 aliphatic heterocycles. The lowest BCUT2D eigenvalue weighted by molar-refractivity contribution is -0.137. The molecule has 1 unspecified atom stereocenters. The number of rotatable bonds is 4. The highest BCUT2D eigenvalue weighted by Gasteiger charge is 2.38. The Balaban J connectivity index is 1.47. The number of amides is 2. The molecule has 1 heterocycles. The summed E-state index contributed by atoms with van der Waals surface area (Å²) in [6, 6.07) is 10.0. The second kappa shape index (κ2) is 8.42. The molecule has 1 saturated heterocycles. The summed E-state index contributed by atoms with van der Waals surface area (Å²) in [5.74, 6) is 0.230. The number of benzene rings is 2. The minimum Gasteiger partial charge on any atom is -0.508 e. The number of aromatic hydroxyl groups is 1. The van der Waals surface area contributed by atoms with Crippen LogP contribution in [0.2, 0.25) is 0 Å². The monoisotopic (exact) mass is 434 g/mol. The van der Waals surface area contributed by atoms with Crippen LogP contribution in [-0.2, 0) is 22.7 Å². The van der Waals surface area contributed by atoms with Crippen molar-refractivity contribution in [1.82, 2.24) is 10.6 Å². The van der Waals surface area contributed by atoms with Crippen LogP contribution in [0.1, 0.15) is 47.6 Å². The van der Waals surface area contributed by atoms with E-state index in [0.717, 1.165) is 17.2 Å². The van der Waals surface area contributed by atoms with E-state index >= 15 is 0 Å². The molecule has 0 saturated carbocycles. The average molecular weight is 434 g/mol. The molecule has 1 aliphatic carbocycles. The average Bonchev–Trinajstić information content (AvgIpc) is 3.16. The normalized spacial score (nSPS) is 20.2. The second-order valence-corrected chi connectivity index (χ2v) is 8.23. The first-order chi connectivity index (χ1) is 14.8. The van der Waals surface area contributed by atoms with Crippen molar-refractivity contribution in [2.75, 3.05) is 19.8 Å². The fourth-order valence-electron chi connectivity index (χ4n) is 4.60. The Kier molecular flexibility index (Phi) is 5.83.